The average molecular weight is 313 g/mol. The summed E-state index contributed by atoms with van der Waals surface area (Å²) < 4.78 is 0.939. The van der Waals surface area contributed by atoms with Crippen LogP contribution in [-0.4, -0.2) is 18.0 Å². The van der Waals surface area contributed by atoms with E-state index in [1.165, 1.54) is 0 Å². The maximum Gasteiger partial charge on any atom is 0.251 e. The molecular formula is C14H21BrN2O. The lowest BCUT2D eigenvalue weighted by atomic mass is 9.88. The van der Waals surface area contributed by atoms with Crippen molar-refractivity contribution in [1.82, 2.24) is 5.32 Å². The topological polar surface area (TPSA) is 55.1 Å². The van der Waals surface area contributed by atoms with E-state index in [4.69, 9.17) is 5.73 Å². The molecule has 1 atom stereocenters. The van der Waals surface area contributed by atoms with Crippen molar-refractivity contribution in [3.8, 4) is 0 Å². The third-order valence-corrected chi connectivity index (χ3v) is 4.39. The van der Waals surface area contributed by atoms with Gasteiger partial charge in [-0.25, -0.2) is 0 Å². The van der Waals surface area contributed by atoms with E-state index < -0.39 is 0 Å². The molecule has 1 aromatic rings. The van der Waals surface area contributed by atoms with Crippen molar-refractivity contribution in [1.29, 1.82) is 0 Å². The molecule has 1 unspecified atom stereocenters. The second kappa shape index (κ2) is 5.85. The summed E-state index contributed by atoms with van der Waals surface area (Å²) in [6.45, 7) is 8.49. The first-order chi connectivity index (χ1) is 8.30. The summed E-state index contributed by atoms with van der Waals surface area (Å²) in [7, 11) is 0. The molecule has 0 heterocycles. The van der Waals surface area contributed by atoms with Crippen LogP contribution in [0.15, 0.2) is 22.7 Å². The van der Waals surface area contributed by atoms with Crippen LogP contribution in [0.25, 0.3) is 0 Å². The van der Waals surface area contributed by atoms with Gasteiger partial charge in [0.2, 0.25) is 0 Å². The maximum atomic E-state index is 12.2. The van der Waals surface area contributed by atoms with Crippen LogP contribution in [0.4, 0.5) is 0 Å². The highest BCUT2D eigenvalue weighted by Gasteiger charge is 2.28. The van der Waals surface area contributed by atoms with Gasteiger partial charge >= 0.3 is 0 Å². The molecule has 3 N–H and O–H groups in total. The van der Waals surface area contributed by atoms with Crippen molar-refractivity contribution in [2.24, 2.45) is 11.7 Å². The minimum atomic E-state index is -0.381. The molecule has 0 aromatic heterocycles. The Morgan fingerprint density at radius 2 is 2.11 bits per heavy atom. The predicted octanol–water partition coefficient (Wildman–Crippen LogP) is 2.86. The summed E-state index contributed by atoms with van der Waals surface area (Å²) in [5.41, 5.74) is 7.14. The molecule has 0 spiro atoms. The normalized spacial score (nSPS) is 14.4. The van der Waals surface area contributed by atoms with E-state index in [2.05, 4.69) is 35.1 Å². The Bertz CT molecular complexity index is 445. The minimum absolute atomic E-state index is 0.0858. The minimum Gasteiger partial charge on any atom is -0.345 e. The fourth-order valence-corrected chi connectivity index (χ4v) is 1.88. The van der Waals surface area contributed by atoms with Gasteiger partial charge in [0.1, 0.15) is 0 Å². The molecular weight excluding hydrogens is 292 g/mol. The maximum absolute atomic E-state index is 12.2. The van der Waals surface area contributed by atoms with Gasteiger partial charge < -0.3 is 11.1 Å². The number of rotatable bonds is 4. The Labute approximate surface area is 117 Å². The lowest BCUT2D eigenvalue weighted by Gasteiger charge is -2.33. The van der Waals surface area contributed by atoms with Crippen molar-refractivity contribution in [3.05, 3.63) is 33.8 Å². The number of hydrogen-bond acceptors (Lipinski definition) is 2. The fourth-order valence-electron chi connectivity index (χ4n) is 1.50. The first-order valence-corrected chi connectivity index (χ1v) is 6.88. The average Bonchev–Trinajstić information content (AvgIpc) is 2.32. The number of amides is 1. The van der Waals surface area contributed by atoms with Crippen molar-refractivity contribution in [2.45, 2.75) is 33.2 Å². The van der Waals surface area contributed by atoms with Crippen LogP contribution in [0.2, 0.25) is 0 Å². The molecule has 1 aromatic carbocycles. The molecule has 100 valence electrons. The number of nitrogens with two attached hydrogens (primary N) is 1. The van der Waals surface area contributed by atoms with Crippen LogP contribution in [0.1, 0.15) is 36.7 Å². The number of halogens is 1. The van der Waals surface area contributed by atoms with E-state index >= 15 is 0 Å². The van der Waals surface area contributed by atoms with E-state index in [-0.39, 0.29) is 17.4 Å². The van der Waals surface area contributed by atoms with Crippen LogP contribution in [0.5, 0.6) is 0 Å². The van der Waals surface area contributed by atoms with E-state index in [1.54, 1.807) is 0 Å². The number of aryl methyl sites for hydroxylation is 1. The van der Waals surface area contributed by atoms with E-state index in [1.807, 2.05) is 32.0 Å². The van der Waals surface area contributed by atoms with Gasteiger partial charge in [0.05, 0.1) is 5.54 Å². The van der Waals surface area contributed by atoms with E-state index in [9.17, 15) is 4.79 Å². The number of nitrogens with one attached hydrogen (secondary N) is 1. The highest BCUT2D eigenvalue weighted by Crippen LogP contribution is 2.19. The van der Waals surface area contributed by atoms with Gasteiger partial charge in [-0.3, -0.25) is 4.79 Å². The van der Waals surface area contributed by atoms with E-state index in [0.717, 1.165) is 10.0 Å². The standard InChI is InChI=1S/C14H21BrN2O/c1-9(2)14(4,8-16)17-13(18)11-6-5-10(3)12(15)7-11/h5-7,9H,8,16H2,1-4H3,(H,17,18). The Hall–Kier alpha value is -0.870. The van der Waals surface area contributed by atoms with Crippen LogP contribution in [0.3, 0.4) is 0 Å². The summed E-state index contributed by atoms with van der Waals surface area (Å²) in [5, 5.41) is 3.02. The number of carbonyl (C=O) groups excluding carboxylic acids is 1. The zero-order valence-electron chi connectivity index (χ0n) is 11.4. The third-order valence-electron chi connectivity index (χ3n) is 3.53. The number of hydrogen-bond donors (Lipinski definition) is 2. The first kappa shape index (κ1) is 15.2. The second-order valence-corrected chi connectivity index (χ2v) is 6.05. The largest absolute Gasteiger partial charge is 0.345 e. The molecule has 1 amide bonds. The summed E-state index contributed by atoms with van der Waals surface area (Å²) in [4.78, 5) is 12.2. The van der Waals surface area contributed by atoms with Gasteiger partial charge in [0.25, 0.3) is 5.91 Å². The molecule has 0 saturated carbocycles. The SMILES string of the molecule is Cc1ccc(C(=O)NC(C)(CN)C(C)C)cc1Br. The number of carbonyl (C=O) groups is 1. The van der Waals surface area contributed by atoms with Crippen LogP contribution >= 0.6 is 15.9 Å². The fraction of sp³-hybridized carbons (Fsp3) is 0.500. The molecule has 0 bridgehead atoms. The first-order valence-electron chi connectivity index (χ1n) is 6.09. The molecule has 1 rings (SSSR count). The smallest absolute Gasteiger partial charge is 0.251 e. The van der Waals surface area contributed by atoms with E-state index in [0.29, 0.717) is 12.1 Å². The van der Waals surface area contributed by atoms with Gasteiger partial charge in [-0.1, -0.05) is 35.8 Å². The zero-order valence-corrected chi connectivity index (χ0v) is 13.0. The quantitative estimate of drug-likeness (QED) is 0.898. The Kier molecular flexibility index (Phi) is 4.93. The van der Waals surface area contributed by atoms with Crippen LogP contribution < -0.4 is 11.1 Å². The van der Waals surface area contributed by atoms with Crippen LogP contribution in [-0.2, 0) is 0 Å². The van der Waals surface area contributed by atoms with Gasteiger partial charge in [0, 0.05) is 16.6 Å². The van der Waals surface area contributed by atoms with Crippen LogP contribution in [0, 0.1) is 12.8 Å². The molecule has 0 radical (unpaired) electrons. The Balaban J connectivity index is 2.91. The van der Waals surface area contributed by atoms with Crippen molar-refractivity contribution >= 4 is 21.8 Å². The Morgan fingerprint density at radius 3 is 2.56 bits per heavy atom. The molecule has 0 aliphatic heterocycles. The lowest BCUT2D eigenvalue weighted by molar-refractivity contribution is 0.0883. The zero-order chi connectivity index (χ0) is 13.9. The molecule has 4 heteroatoms. The Morgan fingerprint density at radius 1 is 1.50 bits per heavy atom. The molecule has 18 heavy (non-hydrogen) atoms. The third kappa shape index (κ3) is 3.33. The van der Waals surface area contributed by atoms with Gasteiger partial charge in [0.15, 0.2) is 0 Å². The van der Waals surface area contributed by atoms with Gasteiger partial charge in [-0.2, -0.15) is 0 Å². The highest BCUT2D eigenvalue weighted by atomic mass is 79.9. The molecule has 0 aliphatic rings. The monoisotopic (exact) mass is 312 g/mol. The molecule has 0 fully saturated rings. The van der Waals surface area contributed by atoms with Crippen molar-refractivity contribution < 1.29 is 4.79 Å². The van der Waals surface area contributed by atoms with Gasteiger partial charge in [-0.05, 0) is 37.5 Å². The summed E-state index contributed by atoms with van der Waals surface area (Å²) in [6, 6.07) is 5.59. The summed E-state index contributed by atoms with van der Waals surface area (Å²) in [6.07, 6.45) is 0. The van der Waals surface area contributed by atoms with Gasteiger partial charge in [-0.15, -0.1) is 0 Å². The molecule has 0 saturated heterocycles. The number of benzene rings is 1. The summed E-state index contributed by atoms with van der Waals surface area (Å²) in [5.74, 6) is 0.192. The molecule has 0 aliphatic carbocycles. The summed E-state index contributed by atoms with van der Waals surface area (Å²) >= 11 is 3.44. The molecule has 3 nitrogen and oxygen atoms in total. The lowest BCUT2D eigenvalue weighted by Crippen LogP contribution is -2.55. The highest BCUT2D eigenvalue weighted by molar-refractivity contribution is 9.10. The predicted molar refractivity (Wildman–Crippen MR) is 78.6 cm³/mol. The second-order valence-electron chi connectivity index (χ2n) is 5.19. The van der Waals surface area contributed by atoms with Crippen molar-refractivity contribution in [2.75, 3.05) is 6.54 Å². The van der Waals surface area contributed by atoms with Crippen molar-refractivity contribution in [3.63, 3.8) is 0 Å².